The number of hydrogen-bond acceptors (Lipinski definition) is 4. The number of fused-ring (bicyclic) bond motifs is 2. The van der Waals surface area contributed by atoms with Crippen molar-refractivity contribution < 1.29 is 4.74 Å². The van der Waals surface area contributed by atoms with Crippen molar-refractivity contribution in [3.05, 3.63) is 79.4 Å². The van der Waals surface area contributed by atoms with Crippen LogP contribution in [-0.4, -0.2) is 36.4 Å². The van der Waals surface area contributed by atoms with Crippen LogP contribution >= 0.6 is 0 Å². The lowest BCUT2D eigenvalue weighted by molar-refractivity contribution is 0.410. The summed E-state index contributed by atoms with van der Waals surface area (Å²) in [6.45, 7) is 6.59. The molecule has 7 heteroatoms. The number of imidazole rings is 1. The smallest absolute Gasteiger partial charge is 0.143 e. The molecule has 0 unspecified atom stereocenters. The second-order valence-corrected chi connectivity index (χ2v) is 9.62. The number of methoxy groups -OCH3 is 1. The summed E-state index contributed by atoms with van der Waals surface area (Å²) in [4.78, 5) is 12.9. The predicted molar refractivity (Wildman–Crippen MR) is 139 cm³/mol. The topological polar surface area (TPSA) is 73.6 Å². The molecule has 4 aromatic heterocycles. The van der Waals surface area contributed by atoms with Gasteiger partial charge in [-0.1, -0.05) is 6.07 Å². The van der Waals surface area contributed by atoms with Crippen molar-refractivity contribution >= 4 is 22.1 Å². The Kier molecular flexibility index (Phi) is 4.74. The first kappa shape index (κ1) is 21.2. The summed E-state index contributed by atoms with van der Waals surface area (Å²) in [5.41, 5.74) is 6.72. The first-order valence-corrected chi connectivity index (χ1v) is 11.6. The highest BCUT2D eigenvalue weighted by Crippen LogP contribution is 2.37. The van der Waals surface area contributed by atoms with Crippen molar-refractivity contribution in [3.8, 4) is 34.0 Å². The molecule has 35 heavy (non-hydrogen) atoms. The van der Waals surface area contributed by atoms with Gasteiger partial charge in [-0.25, -0.2) is 14.6 Å². The Balaban J connectivity index is 1.59. The van der Waals surface area contributed by atoms with Gasteiger partial charge in [0, 0.05) is 46.8 Å². The highest BCUT2D eigenvalue weighted by molar-refractivity contribution is 5.89. The number of benzene rings is 2. The molecule has 0 saturated carbocycles. The van der Waals surface area contributed by atoms with Gasteiger partial charge in [0.25, 0.3) is 0 Å². The molecule has 0 aliphatic carbocycles. The van der Waals surface area contributed by atoms with Crippen molar-refractivity contribution in [1.29, 1.82) is 0 Å². The molecule has 0 radical (unpaired) electrons. The lowest BCUT2D eigenvalue weighted by atomic mass is 10.0. The zero-order valence-electron chi connectivity index (χ0n) is 20.1. The fourth-order valence-corrected chi connectivity index (χ4v) is 4.65. The van der Waals surface area contributed by atoms with Crippen LogP contribution in [0.4, 0.5) is 0 Å². The van der Waals surface area contributed by atoms with E-state index in [1.807, 2.05) is 53.6 Å². The van der Waals surface area contributed by atoms with E-state index < -0.39 is 0 Å². The number of hydrogen-bond donors (Lipinski definition) is 1. The van der Waals surface area contributed by atoms with Crippen molar-refractivity contribution in [2.24, 2.45) is 0 Å². The summed E-state index contributed by atoms with van der Waals surface area (Å²) < 4.78 is 9.74. The molecule has 4 heterocycles. The van der Waals surface area contributed by atoms with Gasteiger partial charge < -0.3 is 14.3 Å². The minimum absolute atomic E-state index is 0.207. The van der Waals surface area contributed by atoms with Crippen LogP contribution in [-0.2, 0) is 5.54 Å². The molecule has 7 nitrogen and oxygen atoms in total. The van der Waals surface area contributed by atoms with Gasteiger partial charge in [-0.15, -0.1) is 0 Å². The quantitative estimate of drug-likeness (QED) is 0.339. The normalized spacial score (nSPS) is 12.0. The second-order valence-electron chi connectivity index (χ2n) is 9.62. The first-order chi connectivity index (χ1) is 16.9. The molecule has 2 aromatic carbocycles. The Hall–Kier alpha value is -4.39. The summed E-state index contributed by atoms with van der Waals surface area (Å²) in [7, 11) is 1.68. The number of nitrogens with one attached hydrogen (secondary N) is 1. The standard InChI is InChI=1S/C28H26N6O/c1-28(2,3)34-25-8-6-18(20-14-19-10-12-29-26(19)30-17-20)15-23(25)32-27(34)22-16-21(35-4)7-9-24(22)33-13-5-11-31-33/h5-17H,1-4H3,(H,29,30). The van der Waals surface area contributed by atoms with Gasteiger partial charge in [0.05, 0.1) is 23.8 Å². The van der Waals surface area contributed by atoms with Gasteiger partial charge in [-0.3, -0.25) is 0 Å². The summed E-state index contributed by atoms with van der Waals surface area (Å²) >= 11 is 0. The fraction of sp³-hybridized carbons (Fsp3) is 0.179. The predicted octanol–water partition coefficient (Wildman–Crippen LogP) is 6.20. The summed E-state index contributed by atoms with van der Waals surface area (Å²) in [5.74, 6) is 1.64. The lowest BCUT2D eigenvalue weighted by Crippen LogP contribution is -2.23. The number of nitrogens with zero attached hydrogens (tertiary/aromatic N) is 5. The molecule has 6 rings (SSSR count). The van der Waals surface area contributed by atoms with E-state index in [-0.39, 0.29) is 5.54 Å². The molecule has 0 spiro atoms. The van der Waals surface area contributed by atoms with Crippen LogP contribution in [0.5, 0.6) is 5.75 Å². The molecule has 1 N–H and O–H groups in total. The Bertz CT molecular complexity index is 1670. The third kappa shape index (κ3) is 3.56. The number of ether oxygens (including phenoxy) is 1. The fourth-order valence-electron chi connectivity index (χ4n) is 4.65. The SMILES string of the molecule is COc1ccc(-n2cccn2)c(-c2nc3cc(-c4cnc5[nH]ccc5c4)ccc3n2C(C)(C)C)c1. The average Bonchev–Trinajstić information content (AvgIpc) is 3.61. The van der Waals surface area contributed by atoms with Crippen molar-refractivity contribution in [1.82, 2.24) is 29.3 Å². The molecule has 0 fully saturated rings. The monoisotopic (exact) mass is 462 g/mol. The van der Waals surface area contributed by atoms with Crippen LogP contribution in [0.15, 0.2) is 79.4 Å². The Morgan fingerprint density at radius 2 is 1.86 bits per heavy atom. The number of aromatic nitrogens is 6. The Labute approximate surface area is 203 Å². The maximum Gasteiger partial charge on any atom is 0.143 e. The molecule has 0 saturated heterocycles. The van der Waals surface area contributed by atoms with Crippen LogP contribution in [0.25, 0.3) is 50.3 Å². The number of pyridine rings is 1. The van der Waals surface area contributed by atoms with Crippen LogP contribution in [0.1, 0.15) is 20.8 Å². The van der Waals surface area contributed by atoms with E-state index in [0.717, 1.165) is 56.0 Å². The number of rotatable bonds is 4. The zero-order valence-corrected chi connectivity index (χ0v) is 20.1. The first-order valence-electron chi connectivity index (χ1n) is 11.6. The molecule has 0 amide bonds. The van der Waals surface area contributed by atoms with Crippen LogP contribution in [0.3, 0.4) is 0 Å². The third-order valence-corrected chi connectivity index (χ3v) is 6.25. The molecular weight excluding hydrogens is 436 g/mol. The van der Waals surface area contributed by atoms with Crippen LogP contribution in [0.2, 0.25) is 0 Å². The van der Waals surface area contributed by atoms with Crippen LogP contribution in [0, 0.1) is 0 Å². The molecule has 6 aromatic rings. The van der Waals surface area contributed by atoms with E-state index in [4.69, 9.17) is 9.72 Å². The number of H-pyrrole nitrogens is 1. The minimum atomic E-state index is -0.207. The van der Waals surface area contributed by atoms with E-state index >= 15 is 0 Å². The van der Waals surface area contributed by atoms with Crippen molar-refractivity contribution in [2.45, 2.75) is 26.3 Å². The maximum absolute atomic E-state index is 5.58. The Morgan fingerprint density at radius 1 is 0.971 bits per heavy atom. The zero-order chi connectivity index (χ0) is 24.2. The van der Waals surface area contributed by atoms with Crippen molar-refractivity contribution in [3.63, 3.8) is 0 Å². The van der Waals surface area contributed by atoms with E-state index in [1.165, 1.54) is 0 Å². The number of aromatic amines is 1. The summed E-state index contributed by atoms with van der Waals surface area (Å²) in [6, 6.07) is 18.6. The maximum atomic E-state index is 5.58. The average molecular weight is 463 g/mol. The molecule has 0 aliphatic rings. The highest BCUT2D eigenvalue weighted by Gasteiger charge is 2.25. The van der Waals surface area contributed by atoms with Gasteiger partial charge in [0.15, 0.2) is 0 Å². The highest BCUT2D eigenvalue weighted by atomic mass is 16.5. The second kappa shape index (κ2) is 7.84. The van der Waals surface area contributed by atoms with Crippen molar-refractivity contribution in [2.75, 3.05) is 7.11 Å². The van der Waals surface area contributed by atoms with Gasteiger partial charge in [0.1, 0.15) is 17.2 Å². The lowest BCUT2D eigenvalue weighted by Gasteiger charge is -2.25. The molecule has 174 valence electrons. The largest absolute Gasteiger partial charge is 0.497 e. The van der Waals surface area contributed by atoms with Gasteiger partial charge in [-0.2, -0.15) is 5.10 Å². The summed E-state index contributed by atoms with van der Waals surface area (Å²) in [6.07, 6.45) is 7.53. The van der Waals surface area contributed by atoms with Gasteiger partial charge in [-0.05, 0) is 74.9 Å². The van der Waals surface area contributed by atoms with E-state index in [9.17, 15) is 0 Å². The van der Waals surface area contributed by atoms with E-state index in [1.54, 1.807) is 13.3 Å². The minimum Gasteiger partial charge on any atom is -0.497 e. The Morgan fingerprint density at radius 3 is 2.63 bits per heavy atom. The summed E-state index contributed by atoms with van der Waals surface area (Å²) in [5, 5.41) is 5.56. The molecule has 0 atom stereocenters. The van der Waals surface area contributed by atoms with Crippen LogP contribution < -0.4 is 4.74 Å². The molecule has 0 aliphatic heterocycles. The van der Waals surface area contributed by atoms with Gasteiger partial charge >= 0.3 is 0 Å². The third-order valence-electron chi connectivity index (χ3n) is 6.25. The molecular formula is C28H26N6O. The molecule has 0 bridgehead atoms. The van der Waals surface area contributed by atoms with Gasteiger partial charge in [0.2, 0.25) is 0 Å². The van der Waals surface area contributed by atoms with E-state index in [0.29, 0.717) is 0 Å². The van der Waals surface area contributed by atoms with E-state index in [2.05, 4.69) is 64.7 Å².